The second kappa shape index (κ2) is 4.81. The molecule has 2 heterocycles. The van der Waals surface area contributed by atoms with Gasteiger partial charge in [-0.05, 0) is 18.2 Å². The van der Waals surface area contributed by atoms with Gasteiger partial charge >= 0.3 is 5.97 Å². The van der Waals surface area contributed by atoms with Gasteiger partial charge in [0.1, 0.15) is 5.82 Å². The zero-order valence-corrected chi connectivity index (χ0v) is 11.5. The van der Waals surface area contributed by atoms with Gasteiger partial charge in [0.05, 0.1) is 17.3 Å². The Bertz CT molecular complexity index is 861. The van der Waals surface area contributed by atoms with Crippen LogP contribution in [0.3, 0.4) is 0 Å². The Hall–Kier alpha value is -2.48. The van der Waals surface area contributed by atoms with Crippen molar-refractivity contribution < 1.29 is 18.3 Å². The zero-order valence-electron chi connectivity index (χ0n) is 10.7. The van der Waals surface area contributed by atoms with E-state index in [4.69, 9.17) is 5.11 Å². The maximum absolute atomic E-state index is 11.4. The summed E-state index contributed by atoms with van der Waals surface area (Å²) in [6.45, 7) is 0. The van der Waals surface area contributed by atoms with Crippen LogP contribution < -0.4 is 5.32 Å². The Balaban J connectivity index is 2.04. The van der Waals surface area contributed by atoms with Crippen molar-refractivity contribution >= 4 is 32.5 Å². The number of aromatic nitrogens is 2. The summed E-state index contributed by atoms with van der Waals surface area (Å²) in [6.07, 6.45) is 1.52. The topological polar surface area (TPSA) is 109 Å². The van der Waals surface area contributed by atoms with Gasteiger partial charge in [-0.2, -0.15) is 0 Å². The zero-order chi connectivity index (χ0) is 15.0. The van der Waals surface area contributed by atoms with Crippen LogP contribution in [0.4, 0.5) is 5.82 Å². The first-order valence-corrected chi connectivity index (χ1v) is 7.84. The fraction of sp³-hybridized carbons (Fsp3) is 0.154. The largest absolute Gasteiger partial charge is 0.475 e. The number of fused-ring (bicyclic) bond motifs is 1. The molecular formula is C13H11N3O4S. The molecule has 1 aromatic carbocycles. The molecule has 21 heavy (non-hydrogen) atoms. The fourth-order valence-corrected chi connectivity index (χ4v) is 3.36. The van der Waals surface area contributed by atoms with Crippen LogP contribution in [-0.4, -0.2) is 41.3 Å². The molecule has 2 aromatic rings. The molecule has 0 saturated carbocycles. The lowest BCUT2D eigenvalue weighted by atomic mass is 10.2. The maximum Gasteiger partial charge on any atom is 0.374 e. The number of benzene rings is 1. The average Bonchev–Trinajstić information content (AvgIpc) is 2.77. The number of hydrogen-bond acceptors (Lipinski definition) is 6. The molecule has 0 saturated heterocycles. The first kappa shape index (κ1) is 13.5. The molecule has 0 fully saturated rings. The monoisotopic (exact) mass is 305 g/mol. The summed E-state index contributed by atoms with van der Waals surface area (Å²) in [7, 11) is -3.20. The standard InChI is InChI=1S/C13H11N3O4S/c17-13(18)12-15-10-4-2-1-3-9(10)11(16-12)14-8-5-6-21(19,20)7-8/h1-6,8H,7H2,(H,17,18)(H,14,15,16). The van der Waals surface area contributed by atoms with Crippen LogP contribution in [0.25, 0.3) is 10.9 Å². The molecule has 1 aromatic heterocycles. The number of anilines is 1. The smallest absolute Gasteiger partial charge is 0.374 e. The van der Waals surface area contributed by atoms with Crippen molar-refractivity contribution in [3.8, 4) is 0 Å². The summed E-state index contributed by atoms with van der Waals surface area (Å²) in [6, 6.07) is 6.50. The van der Waals surface area contributed by atoms with Crippen molar-refractivity contribution in [1.29, 1.82) is 0 Å². The van der Waals surface area contributed by atoms with Crippen molar-refractivity contribution in [1.82, 2.24) is 9.97 Å². The molecule has 0 spiro atoms. The second-order valence-corrected chi connectivity index (χ2v) is 6.56. The molecule has 108 valence electrons. The third-order valence-corrected chi connectivity index (χ3v) is 4.44. The highest BCUT2D eigenvalue weighted by atomic mass is 32.2. The second-order valence-electron chi connectivity index (χ2n) is 4.63. The van der Waals surface area contributed by atoms with Gasteiger partial charge in [0.15, 0.2) is 9.84 Å². The Kier molecular flexibility index (Phi) is 3.09. The first-order valence-electron chi connectivity index (χ1n) is 6.12. The molecule has 3 rings (SSSR count). The molecule has 2 N–H and O–H groups in total. The lowest BCUT2D eigenvalue weighted by Gasteiger charge is -2.13. The third-order valence-electron chi connectivity index (χ3n) is 3.05. The molecule has 8 heteroatoms. The van der Waals surface area contributed by atoms with Gasteiger partial charge in [0.25, 0.3) is 0 Å². The predicted octanol–water partition coefficient (Wildman–Crippen LogP) is 1.05. The van der Waals surface area contributed by atoms with Gasteiger partial charge in [-0.3, -0.25) is 0 Å². The van der Waals surface area contributed by atoms with Gasteiger partial charge in [-0.1, -0.05) is 12.1 Å². The van der Waals surface area contributed by atoms with Crippen molar-refractivity contribution in [2.24, 2.45) is 0 Å². The van der Waals surface area contributed by atoms with E-state index in [2.05, 4.69) is 15.3 Å². The minimum atomic E-state index is -3.20. The summed E-state index contributed by atoms with van der Waals surface area (Å²) in [5.41, 5.74) is 0.484. The Morgan fingerprint density at radius 2 is 2.05 bits per heavy atom. The number of carboxylic acid groups (broad SMARTS) is 1. The molecule has 1 unspecified atom stereocenters. The number of nitrogens with zero attached hydrogens (tertiary/aromatic N) is 2. The summed E-state index contributed by atoms with van der Waals surface area (Å²) < 4.78 is 22.8. The number of hydrogen-bond donors (Lipinski definition) is 2. The summed E-state index contributed by atoms with van der Waals surface area (Å²) in [4.78, 5) is 19.0. The molecule has 1 atom stereocenters. The van der Waals surface area contributed by atoms with Crippen LogP contribution in [0, 0.1) is 0 Å². The molecule has 0 aliphatic carbocycles. The van der Waals surface area contributed by atoms with E-state index < -0.39 is 21.8 Å². The minimum absolute atomic E-state index is 0.0757. The summed E-state index contributed by atoms with van der Waals surface area (Å²) in [5.74, 6) is -1.34. The van der Waals surface area contributed by atoms with Crippen LogP contribution in [-0.2, 0) is 9.84 Å². The molecule has 0 radical (unpaired) electrons. The van der Waals surface area contributed by atoms with Crippen LogP contribution in [0.5, 0.6) is 0 Å². The molecule has 0 bridgehead atoms. The highest BCUT2D eigenvalue weighted by Gasteiger charge is 2.23. The summed E-state index contributed by atoms with van der Waals surface area (Å²) in [5, 5.41) is 13.8. The van der Waals surface area contributed by atoms with Crippen LogP contribution in [0.15, 0.2) is 35.7 Å². The Morgan fingerprint density at radius 3 is 2.71 bits per heavy atom. The van der Waals surface area contributed by atoms with E-state index in [1.807, 2.05) is 0 Å². The van der Waals surface area contributed by atoms with Crippen molar-refractivity contribution in [3.05, 3.63) is 41.6 Å². The van der Waals surface area contributed by atoms with E-state index in [0.29, 0.717) is 16.7 Å². The lowest BCUT2D eigenvalue weighted by molar-refractivity contribution is 0.0684. The molecule has 0 amide bonds. The first-order chi connectivity index (χ1) is 9.94. The number of sulfone groups is 1. The van der Waals surface area contributed by atoms with Gasteiger partial charge in [0, 0.05) is 10.8 Å². The molecule has 7 nitrogen and oxygen atoms in total. The normalized spacial score (nSPS) is 19.7. The van der Waals surface area contributed by atoms with E-state index >= 15 is 0 Å². The minimum Gasteiger partial charge on any atom is -0.475 e. The van der Waals surface area contributed by atoms with Gasteiger partial charge in [-0.15, -0.1) is 0 Å². The van der Waals surface area contributed by atoms with Gasteiger partial charge < -0.3 is 10.4 Å². The number of aromatic carboxylic acids is 1. The van der Waals surface area contributed by atoms with Crippen LogP contribution in [0.2, 0.25) is 0 Å². The number of para-hydroxylation sites is 1. The lowest BCUT2D eigenvalue weighted by Crippen LogP contribution is -2.22. The van der Waals surface area contributed by atoms with Crippen LogP contribution >= 0.6 is 0 Å². The van der Waals surface area contributed by atoms with Crippen molar-refractivity contribution in [2.45, 2.75) is 6.04 Å². The van der Waals surface area contributed by atoms with Gasteiger partial charge in [0.2, 0.25) is 5.82 Å². The quantitative estimate of drug-likeness (QED) is 0.872. The number of nitrogens with one attached hydrogen (secondary N) is 1. The van der Waals surface area contributed by atoms with Crippen molar-refractivity contribution in [2.75, 3.05) is 11.1 Å². The summed E-state index contributed by atoms with van der Waals surface area (Å²) >= 11 is 0. The van der Waals surface area contributed by atoms with E-state index in [9.17, 15) is 13.2 Å². The van der Waals surface area contributed by atoms with E-state index in [0.717, 1.165) is 5.41 Å². The number of carbonyl (C=O) groups is 1. The average molecular weight is 305 g/mol. The molecular weight excluding hydrogens is 294 g/mol. The SMILES string of the molecule is O=C(O)c1nc(NC2C=CS(=O)(=O)C2)c2ccccc2n1. The maximum atomic E-state index is 11.4. The fourth-order valence-electron chi connectivity index (χ4n) is 2.12. The molecule has 1 aliphatic heterocycles. The Morgan fingerprint density at radius 1 is 1.29 bits per heavy atom. The molecule has 1 aliphatic rings. The highest BCUT2D eigenvalue weighted by molar-refractivity contribution is 7.94. The Labute approximate surface area is 120 Å². The highest BCUT2D eigenvalue weighted by Crippen LogP contribution is 2.22. The van der Waals surface area contributed by atoms with E-state index in [1.54, 1.807) is 24.3 Å². The van der Waals surface area contributed by atoms with Gasteiger partial charge in [-0.25, -0.2) is 23.2 Å². The third kappa shape index (κ3) is 2.70. The predicted molar refractivity (Wildman–Crippen MR) is 76.8 cm³/mol. The van der Waals surface area contributed by atoms with Crippen LogP contribution in [0.1, 0.15) is 10.6 Å². The number of rotatable bonds is 3. The van der Waals surface area contributed by atoms with Crippen molar-refractivity contribution in [3.63, 3.8) is 0 Å². The van der Waals surface area contributed by atoms with E-state index in [1.165, 1.54) is 6.08 Å². The number of carboxylic acids is 1. The van der Waals surface area contributed by atoms with E-state index in [-0.39, 0.29) is 11.6 Å².